The van der Waals surface area contributed by atoms with Crippen molar-refractivity contribution in [3.63, 3.8) is 0 Å². The Hall–Kier alpha value is -2.07. The van der Waals surface area contributed by atoms with Crippen LogP contribution in [0.25, 0.3) is 0 Å². The van der Waals surface area contributed by atoms with Crippen LogP contribution in [0.15, 0.2) is 36.4 Å². The Morgan fingerprint density at radius 3 is 2.74 bits per heavy atom. The van der Waals surface area contributed by atoms with E-state index in [9.17, 15) is 9.18 Å². The summed E-state index contributed by atoms with van der Waals surface area (Å²) in [5, 5.41) is 2.89. The van der Waals surface area contributed by atoms with E-state index in [4.69, 9.17) is 17.3 Å². The highest BCUT2D eigenvalue weighted by Crippen LogP contribution is 2.25. The van der Waals surface area contributed by atoms with Crippen molar-refractivity contribution in [3.05, 3.63) is 58.4 Å². The van der Waals surface area contributed by atoms with E-state index in [1.807, 2.05) is 0 Å². The maximum Gasteiger partial charge on any atom is 0.258 e. The third-order valence-corrected chi connectivity index (χ3v) is 2.93. The molecule has 0 saturated heterocycles. The molecular formula is C14H12ClFN2O. The molecule has 0 heterocycles. The summed E-state index contributed by atoms with van der Waals surface area (Å²) in [4.78, 5) is 12.0. The minimum absolute atomic E-state index is 0.0292. The number of halogens is 2. The molecule has 2 rings (SSSR count). The number of aryl methyl sites for hydroxylation is 1. The van der Waals surface area contributed by atoms with Crippen LogP contribution in [0.1, 0.15) is 15.9 Å². The number of hydrogen-bond acceptors (Lipinski definition) is 2. The van der Waals surface area contributed by atoms with Crippen molar-refractivity contribution in [3.8, 4) is 0 Å². The van der Waals surface area contributed by atoms with Gasteiger partial charge in [-0.25, -0.2) is 4.39 Å². The maximum atomic E-state index is 13.6. The molecule has 5 heteroatoms. The predicted molar refractivity (Wildman–Crippen MR) is 75.0 cm³/mol. The Morgan fingerprint density at radius 2 is 2.00 bits per heavy atom. The molecule has 0 saturated carbocycles. The first-order valence-corrected chi connectivity index (χ1v) is 5.97. The molecule has 0 unspecified atom stereocenters. The van der Waals surface area contributed by atoms with Crippen LogP contribution in [0.2, 0.25) is 5.02 Å². The van der Waals surface area contributed by atoms with Crippen LogP contribution < -0.4 is 11.1 Å². The zero-order valence-corrected chi connectivity index (χ0v) is 11.0. The number of rotatable bonds is 2. The first-order valence-electron chi connectivity index (χ1n) is 5.60. The number of nitrogen functional groups attached to an aromatic ring is 1. The Labute approximate surface area is 115 Å². The number of nitrogens with one attached hydrogen (secondary N) is 1. The Kier molecular flexibility index (Phi) is 3.71. The third-order valence-electron chi connectivity index (χ3n) is 2.61. The fourth-order valence-electron chi connectivity index (χ4n) is 1.64. The van der Waals surface area contributed by atoms with Crippen LogP contribution in [0.5, 0.6) is 0 Å². The third kappa shape index (κ3) is 3.03. The number of carbonyl (C=O) groups excluding carboxylic acids is 1. The second kappa shape index (κ2) is 5.28. The van der Waals surface area contributed by atoms with Gasteiger partial charge in [0, 0.05) is 5.69 Å². The minimum atomic E-state index is -0.580. The quantitative estimate of drug-likeness (QED) is 0.824. The summed E-state index contributed by atoms with van der Waals surface area (Å²) in [6.07, 6.45) is 0. The SMILES string of the molecule is Cc1ccc(F)c(C(=O)Nc2cc(N)ccc2Cl)c1. The van der Waals surface area contributed by atoms with Crippen LogP contribution in [0, 0.1) is 12.7 Å². The topological polar surface area (TPSA) is 55.1 Å². The standard InChI is InChI=1S/C14H12ClFN2O/c1-8-2-5-12(16)10(6-8)14(19)18-13-7-9(17)3-4-11(13)15/h2-7H,17H2,1H3,(H,18,19). The molecule has 0 aliphatic heterocycles. The van der Waals surface area contributed by atoms with Gasteiger partial charge >= 0.3 is 0 Å². The Bertz CT molecular complexity index is 643. The van der Waals surface area contributed by atoms with Gasteiger partial charge in [-0.05, 0) is 37.3 Å². The molecule has 98 valence electrons. The van der Waals surface area contributed by atoms with Gasteiger partial charge in [-0.3, -0.25) is 4.79 Å². The fraction of sp³-hybridized carbons (Fsp3) is 0.0714. The normalized spacial score (nSPS) is 10.3. The molecule has 0 spiro atoms. The minimum Gasteiger partial charge on any atom is -0.399 e. The summed E-state index contributed by atoms with van der Waals surface area (Å²) in [7, 11) is 0. The predicted octanol–water partition coefficient (Wildman–Crippen LogP) is 3.62. The van der Waals surface area contributed by atoms with Crippen LogP contribution in [0.4, 0.5) is 15.8 Å². The number of benzene rings is 2. The van der Waals surface area contributed by atoms with Crippen LogP contribution >= 0.6 is 11.6 Å². The molecule has 0 radical (unpaired) electrons. The highest BCUT2D eigenvalue weighted by Gasteiger charge is 2.13. The smallest absolute Gasteiger partial charge is 0.258 e. The van der Waals surface area contributed by atoms with Crippen LogP contribution in [0.3, 0.4) is 0 Å². The van der Waals surface area contributed by atoms with E-state index in [0.29, 0.717) is 16.4 Å². The number of nitrogens with two attached hydrogens (primary N) is 1. The molecule has 0 aromatic heterocycles. The highest BCUT2D eigenvalue weighted by molar-refractivity contribution is 6.34. The monoisotopic (exact) mass is 278 g/mol. The summed E-state index contributed by atoms with van der Waals surface area (Å²) in [6.45, 7) is 1.78. The average Bonchev–Trinajstić information content (AvgIpc) is 2.36. The maximum absolute atomic E-state index is 13.6. The van der Waals surface area contributed by atoms with Crippen molar-refractivity contribution in [2.75, 3.05) is 11.1 Å². The number of anilines is 2. The van der Waals surface area contributed by atoms with E-state index >= 15 is 0 Å². The van der Waals surface area contributed by atoms with Crippen molar-refractivity contribution in [1.29, 1.82) is 0 Å². The van der Waals surface area contributed by atoms with Gasteiger partial charge in [0.2, 0.25) is 0 Å². The largest absolute Gasteiger partial charge is 0.399 e. The van der Waals surface area contributed by atoms with Crippen molar-refractivity contribution in [2.24, 2.45) is 0 Å². The fourth-order valence-corrected chi connectivity index (χ4v) is 1.81. The molecule has 0 atom stereocenters. The van der Waals surface area contributed by atoms with Crippen molar-refractivity contribution in [2.45, 2.75) is 6.92 Å². The Balaban J connectivity index is 2.30. The second-order valence-corrected chi connectivity index (χ2v) is 4.58. The summed E-state index contributed by atoms with van der Waals surface area (Å²) in [5.74, 6) is -1.14. The summed E-state index contributed by atoms with van der Waals surface area (Å²) >= 11 is 5.93. The summed E-state index contributed by atoms with van der Waals surface area (Å²) in [5.41, 5.74) is 7.20. The number of hydrogen-bond donors (Lipinski definition) is 2. The zero-order chi connectivity index (χ0) is 14.0. The Morgan fingerprint density at radius 1 is 1.26 bits per heavy atom. The van der Waals surface area contributed by atoms with Gasteiger partial charge in [-0.1, -0.05) is 23.2 Å². The molecule has 19 heavy (non-hydrogen) atoms. The van der Waals surface area contributed by atoms with Crippen LogP contribution in [-0.4, -0.2) is 5.91 Å². The molecule has 3 nitrogen and oxygen atoms in total. The lowest BCUT2D eigenvalue weighted by Gasteiger charge is -2.09. The van der Waals surface area contributed by atoms with E-state index in [-0.39, 0.29) is 5.56 Å². The molecule has 0 fully saturated rings. The first kappa shape index (κ1) is 13.4. The molecule has 3 N–H and O–H groups in total. The molecular weight excluding hydrogens is 267 g/mol. The molecule has 1 amide bonds. The van der Waals surface area contributed by atoms with Gasteiger partial charge in [0.1, 0.15) is 5.82 Å². The van der Waals surface area contributed by atoms with Gasteiger partial charge in [0.05, 0.1) is 16.3 Å². The van der Waals surface area contributed by atoms with E-state index in [1.54, 1.807) is 25.1 Å². The number of amides is 1. The summed E-state index contributed by atoms with van der Waals surface area (Å²) in [6, 6.07) is 9.04. The first-order chi connectivity index (χ1) is 8.97. The van der Waals surface area contributed by atoms with Crippen molar-refractivity contribution >= 4 is 28.9 Å². The van der Waals surface area contributed by atoms with Gasteiger partial charge in [-0.15, -0.1) is 0 Å². The molecule has 2 aromatic rings. The van der Waals surface area contributed by atoms with Gasteiger partial charge in [0.15, 0.2) is 0 Å². The lowest BCUT2D eigenvalue weighted by molar-refractivity contribution is 0.102. The van der Waals surface area contributed by atoms with E-state index < -0.39 is 11.7 Å². The van der Waals surface area contributed by atoms with Gasteiger partial charge < -0.3 is 11.1 Å². The van der Waals surface area contributed by atoms with E-state index in [0.717, 1.165) is 5.56 Å². The van der Waals surface area contributed by atoms with Gasteiger partial charge in [0.25, 0.3) is 5.91 Å². The molecule has 0 aliphatic carbocycles. The number of carbonyl (C=O) groups is 1. The molecule has 2 aromatic carbocycles. The lowest BCUT2D eigenvalue weighted by atomic mass is 10.1. The highest BCUT2D eigenvalue weighted by atomic mass is 35.5. The van der Waals surface area contributed by atoms with Crippen molar-refractivity contribution < 1.29 is 9.18 Å². The van der Waals surface area contributed by atoms with Gasteiger partial charge in [-0.2, -0.15) is 0 Å². The zero-order valence-electron chi connectivity index (χ0n) is 10.2. The van der Waals surface area contributed by atoms with E-state index in [2.05, 4.69) is 5.32 Å². The van der Waals surface area contributed by atoms with Crippen molar-refractivity contribution in [1.82, 2.24) is 0 Å². The second-order valence-electron chi connectivity index (χ2n) is 4.18. The lowest BCUT2D eigenvalue weighted by Crippen LogP contribution is -2.14. The summed E-state index contributed by atoms with van der Waals surface area (Å²) < 4.78 is 13.6. The van der Waals surface area contributed by atoms with Crippen LogP contribution in [-0.2, 0) is 0 Å². The van der Waals surface area contributed by atoms with E-state index in [1.165, 1.54) is 18.2 Å². The molecule has 0 bridgehead atoms. The average molecular weight is 279 g/mol. The molecule has 0 aliphatic rings.